The van der Waals surface area contributed by atoms with Crippen LogP contribution in [-0.2, 0) is 0 Å². The van der Waals surface area contributed by atoms with Gasteiger partial charge in [0.1, 0.15) is 5.82 Å². The number of nitrogens with zero attached hydrogens (tertiary/aromatic N) is 5. The lowest BCUT2D eigenvalue weighted by Gasteiger charge is -2.25. The van der Waals surface area contributed by atoms with Crippen LogP contribution >= 0.6 is 0 Å². The van der Waals surface area contributed by atoms with E-state index in [1.165, 1.54) is 25.7 Å². The first-order valence-electron chi connectivity index (χ1n) is 11.8. The number of hydrogen-bond acceptors (Lipinski definition) is 5. The first-order chi connectivity index (χ1) is 16.1. The molecule has 0 spiro atoms. The summed E-state index contributed by atoms with van der Waals surface area (Å²) in [7, 11) is 4.01. The van der Waals surface area contributed by atoms with Crippen molar-refractivity contribution in [2.75, 3.05) is 50.1 Å². The van der Waals surface area contributed by atoms with Crippen molar-refractivity contribution >= 4 is 17.7 Å². The molecule has 0 unspecified atom stereocenters. The van der Waals surface area contributed by atoms with Gasteiger partial charge in [-0.3, -0.25) is 9.69 Å². The van der Waals surface area contributed by atoms with Gasteiger partial charge < -0.3 is 9.80 Å². The summed E-state index contributed by atoms with van der Waals surface area (Å²) in [5, 5.41) is 0. The molecule has 0 radical (unpaired) electrons. The Bertz CT molecular complexity index is 1030. The lowest BCUT2D eigenvalue weighted by atomic mass is 10.0. The number of amides is 1. The van der Waals surface area contributed by atoms with Gasteiger partial charge >= 0.3 is 0 Å². The average Bonchev–Trinajstić information content (AvgIpc) is 3.14. The molecule has 1 aliphatic rings. The van der Waals surface area contributed by atoms with Gasteiger partial charge in [-0.1, -0.05) is 55.3 Å². The van der Waals surface area contributed by atoms with Crippen LogP contribution in [-0.4, -0.2) is 61.0 Å². The number of aromatic nitrogens is 2. The van der Waals surface area contributed by atoms with Crippen LogP contribution in [0.15, 0.2) is 66.9 Å². The molecule has 0 N–H and O–H groups in total. The summed E-state index contributed by atoms with van der Waals surface area (Å²) in [5.74, 6) is 1.30. The van der Waals surface area contributed by atoms with Gasteiger partial charge in [-0.05, 0) is 56.3 Å². The minimum Gasteiger partial charge on any atom is -0.356 e. The molecular formula is C27H33N5O. The third-order valence-electron chi connectivity index (χ3n) is 6.05. The summed E-state index contributed by atoms with van der Waals surface area (Å²) in [4.78, 5) is 29.0. The van der Waals surface area contributed by atoms with E-state index in [1.54, 1.807) is 11.1 Å². The molecule has 0 saturated carbocycles. The monoisotopic (exact) mass is 443 g/mol. The lowest BCUT2D eigenvalue weighted by Crippen LogP contribution is -2.38. The van der Waals surface area contributed by atoms with E-state index in [0.29, 0.717) is 18.1 Å². The molecule has 0 atom stereocenters. The van der Waals surface area contributed by atoms with Crippen LogP contribution in [0.4, 0.5) is 11.8 Å². The smallest absolute Gasteiger partial charge is 0.260 e. The molecule has 6 heteroatoms. The van der Waals surface area contributed by atoms with Crippen molar-refractivity contribution in [1.82, 2.24) is 14.9 Å². The van der Waals surface area contributed by atoms with Crippen molar-refractivity contribution < 1.29 is 4.79 Å². The molecule has 1 amide bonds. The Morgan fingerprint density at radius 3 is 2.18 bits per heavy atom. The van der Waals surface area contributed by atoms with Gasteiger partial charge in [0.2, 0.25) is 5.95 Å². The maximum absolute atomic E-state index is 13.6. The van der Waals surface area contributed by atoms with Crippen LogP contribution in [0.1, 0.15) is 36.0 Å². The van der Waals surface area contributed by atoms with E-state index in [0.717, 1.165) is 36.6 Å². The topological polar surface area (TPSA) is 52.6 Å². The highest BCUT2D eigenvalue weighted by atomic mass is 16.2. The van der Waals surface area contributed by atoms with E-state index in [2.05, 4.69) is 26.9 Å². The molecule has 1 saturated heterocycles. The zero-order chi connectivity index (χ0) is 23.0. The van der Waals surface area contributed by atoms with E-state index >= 15 is 0 Å². The summed E-state index contributed by atoms with van der Waals surface area (Å²) in [6, 6.07) is 19.9. The number of rotatable bonds is 7. The fraction of sp³-hybridized carbons (Fsp3) is 0.370. The van der Waals surface area contributed by atoms with E-state index in [9.17, 15) is 4.79 Å². The highest BCUT2D eigenvalue weighted by molar-refractivity contribution is 6.05. The van der Waals surface area contributed by atoms with Crippen molar-refractivity contribution in [3.05, 3.63) is 72.4 Å². The Morgan fingerprint density at radius 2 is 1.52 bits per heavy atom. The minimum absolute atomic E-state index is 0.0792. The number of carbonyl (C=O) groups is 1. The van der Waals surface area contributed by atoms with Crippen LogP contribution in [0.2, 0.25) is 0 Å². The fourth-order valence-electron chi connectivity index (χ4n) is 4.13. The number of carbonyl (C=O) groups excluding carboxylic acids is 1. The SMILES string of the molecule is CN(C)CCN(C(=O)c1ccc(-c2ccccc2)cc1)c1nccc(N2CCCCCC2)n1. The lowest BCUT2D eigenvalue weighted by molar-refractivity contribution is 0.0983. The molecule has 1 aromatic heterocycles. The van der Waals surface area contributed by atoms with Gasteiger partial charge in [0, 0.05) is 37.9 Å². The Morgan fingerprint density at radius 1 is 0.848 bits per heavy atom. The van der Waals surface area contributed by atoms with E-state index in [1.807, 2.05) is 62.6 Å². The second-order valence-electron chi connectivity index (χ2n) is 8.82. The molecule has 1 fully saturated rings. The largest absolute Gasteiger partial charge is 0.356 e. The molecule has 4 rings (SSSR count). The highest BCUT2D eigenvalue weighted by Gasteiger charge is 2.22. The third-order valence-corrected chi connectivity index (χ3v) is 6.05. The summed E-state index contributed by atoms with van der Waals surface area (Å²) >= 11 is 0. The van der Waals surface area contributed by atoms with Gasteiger partial charge in [-0.25, -0.2) is 4.98 Å². The van der Waals surface area contributed by atoms with Crippen LogP contribution in [0, 0.1) is 0 Å². The number of likely N-dealkylation sites (N-methyl/N-ethyl adjacent to an activating group) is 1. The van der Waals surface area contributed by atoms with Crippen molar-refractivity contribution in [3.63, 3.8) is 0 Å². The zero-order valence-corrected chi connectivity index (χ0v) is 19.7. The van der Waals surface area contributed by atoms with E-state index in [-0.39, 0.29) is 5.91 Å². The second-order valence-corrected chi connectivity index (χ2v) is 8.82. The highest BCUT2D eigenvalue weighted by Crippen LogP contribution is 2.23. The average molecular weight is 444 g/mol. The van der Waals surface area contributed by atoms with Crippen molar-refractivity contribution in [2.24, 2.45) is 0 Å². The summed E-state index contributed by atoms with van der Waals surface area (Å²) in [6.45, 7) is 3.26. The molecule has 3 aromatic rings. The van der Waals surface area contributed by atoms with Crippen LogP contribution in [0.25, 0.3) is 11.1 Å². The van der Waals surface area contributed by atoms with Crippen LogP contribution in [0.5, 0.6) is 0 Å². The van der Waals surface area contributed by atoms with Gasteiger partial charge in [-0.15, -0.1) is 0 Å². The standard InChI is InChI=1S/C27H33N5O/c1-30(2)20-21-32(27-28-17-16-25(29-27)31-18-8-3-4-9-19-31)26(33)24-14-12-23(13-15-24)22-10-6-5-7-11-22/h5-7,10-17H,3-4,8-9,18-21H2,1-2H3. The molecule has 33 heavy (non-hydrogen) atoms. The fourth-order valence-corrected chi connectivity index (χ4v) is 4.13. The van der Waals surface area contributed by atoms with Crippen molar-refractivity contribution in [3.8, 4) is 11.1 Å². The quantitative estimate of drug-likeness (QED) is 0.528. The maximum atomic E-state index is 13.6. The van der Waals surface area contributed by atoms with Crippen LogP contribution < -0.4 is 9.80 Å². The van der Waals surface area contributed by atoms with Gasteiger partial charge in [0.25, 0.3) is 5.91 Å². The summed E-state index contributed by atoms with van der Waals surface area (Å²) < 4.78 is 0. The predicted molar refractivity (Wildman–Crippen MR) is 135 cm³/mol. The van der Waals surface area contributed by atoms with Gasteiger partial charge in [0.15, 0.2) is 0 Å². The summed E-state index contributed by atoms with van der Waals surface area (Å²) in [6.07, 6.45) is 6.66. The van der Waals surface area contributed by atoms with Crippen LogP contribution in [0.3, 0.4) is 0 Å². The normalized spacial score (nSPS) is 14.2. The molecule has 172 valence electrons. The molecule has 1 aliphatic heterocycles. The molecule has 0 aliphatic carbocycles. The summed E-state index contributed by atoms with van der Waals surface area (Å²) in [5.41, 5.74) is 2.86. The Kier molecular flexibility index (Phi) is 7.68. The molecule has 0 bridgehead atoms. The Hall–Kier alpha value is -3.25. The Labute approximate surface area is 196 Å². The third kappa shape index (κ3) is 5.96. The maximum Gasteiger partial charge on any atom is 0.260 e. The van der Waals surface area contributed by atoms with Gasteiger partial charge in [-0.2, -0.15) is 4.98 Å². The number of anilines is 2. The predicted octanol–water partition coefficient (Wildman–Crippen LogP) is 4.73. The van der Waals surface area contributed by atoms with Gasteiger partial charge in [0.05, 0.1) is 0 Å². The minimum atomic E-state index is -0.0792. The van der Waals surface area contributed by atoms with E-state index in [4.69, 9.17) is 4.98 Å². The number of hydrogen-bond donors (Lipinski definition) is 0. The number of benzene rings is 2. The second kappa shape index (κ2) is 11.1. The molecule has 2 heterocycles. The molecular weight excluding hydrogens is 410 g/mol. The first kappa shape index (κ1) is 22.9. The van der Waals surface area contributed by atoms with E-state index < -0.39 is 0 Å². The van der Waals surface area contributed by atoms with Crippen molar-refractivity contribution in [2.45, 2.75) is 25.7 Å². The molecule has 6 nitrogen and oxygen atoms in total. The Balaban J connectivity index is 1.59. The zero-order valence-electron chi connectivity index (χ0n) is 19.7. The molecule has 2 aromatic carbocycles. The first-order valence-corrected chi connectivity index (χ1v) is 11.8. The van der Waals surface area contributed by atoms with Crippen molar-refractivity contribution in [1.29, 1.82) is 0 Å².